The molecular weight excluding hydrogens is 507 g/mol. The Balaban J connectivity index is 0.00000300. The zero-order valence-corrected chi connectivity index (χ0v) is 20.0. The molecule has 1 fully saturated rings. The summed E-state index contributed by atoms with van der Waals surface area (Å²) in [7, 11) is -0.304. The molecule has 0 radical (unpaired) electrons. The van der Waals surface area contributed by atoms with Crippen LogP contribution in [0.3, 0.4) is 0 Å². The number of carbonyl (C=O) groups is 1. The minimum Gasteiger partial charge on any atom is -0.469 e. The largest absolute Gasteiger partial charge is 0.469 e. The van der Waals surface area contributed by atoms with Crippen LogP contribution in [0.1, 0.15) is 18.4 Å². The van der Waals surface area contributed by atoms with Crippen molar-refractivity contribution >= 4 is 51.6 Å². The summed E-state index contributed by atoms with van der Waals surface area (Å²) in [6.07, 6.45) is 2.16. The number of esters is 1. The number of carbonyl (C=O) groups excluding carboxylic acids is 1. The number of likely N-dealkylation sites (tertiary alicyclic amines) is 1. The van der Waals surface area contributed by atoms with E-state index in [0.29, 0.717) is 38.4 Å². The summed E-state index contributed by atoms with van der Waals surface area (Å²) in [5.74, 6) is 0.425. The maximum Gasteiger partial charge on any atom is 0.308 e. The molecule has 29 heavy (non-hydrogen) atoms. The normalized spacial score (nSPS) is 17.5. The summed E-state index contributed by atoms with van der Waals surface area (Å²) in [6.45, 7) is 2.15. The van der Waals surface area contributed by atoms with Crippen molar-refractivity contribution < 1.29 is 17.9 Å². The predicted molar refractivity (Wildman–Crippen MR) is 124 cm³/mol. The second-order valence-corrected chi connectivity index (χ2v) is 9.04. The lowest BCUT2D eigenvalue weighted by Crippen LogP contribution is -2.48. The van der Waals surface area contributed by atoms with E-state index in [9.17, 15) is 13.2 Å². The first-order chi connectivity index (χ1) is 13.5. The maximum atomic E-state index is 12.8. The minimum absolute atomic E-state index is 0. The van der Waals surface area contributed by atoms with Crippen LogP contribution in [0.15, 0.2) is 29.3 Å². The van der Waals surface area contributed by atoms with E-state index in [1.807, 2.05) is 24.3 Å². The topological polar surface area (TPSA) is 91.3 Å². The molecule has 8 nitrogen and oxygen atoms in total. The fourth-order valence-electron chi connectivity index (χ4n) is 3.82. The van der Waals surface area contributed by atoms with Crippen molar-refractivity contribution in [3.63, 3.8) is 0 Å². The van der Waals surface area contributed by atoms with Gasteiger partial charge in [0.05, 0.1) is 24.5 Å². The Kier molecular flexibility index (Phi) is 8.56. The van der Waals surface area contributed by atoms with E-state index in [1.54, 1.807) is 7.05 Å². The number of guanidine groups is 1. The van der Waals surface area contributed by atoms with Gasteiger partial charge in [0.25, 0.3) is 0 Å². The molecule has 0 unspecified atom stereocenters. The van der Waals surface area contributed by atoms with Gasteiger partial charge in [-0.3, -0.25) is 14.1 Å². The van der Waals surface area contributed by atoms with Gasteiger partial charge < -0.3 is 15.0 Å². The van der Waals surface area contributed by atoms with Crippen LogP contribution < -0.4 is 9.62 Å². The number of hydrogen-bond acceptors (Lipinski definition) is 5. The molecule has 1 aromatic carbocycles. The third kappa shape index (κ3) is 5.53. The van der Waals surface area contributed by atoms with Crippen molar-refractivity contribution in [3.05, 3.63) is 29.8 Å². The molecule has 1 aromatic rings. The molecular formula is C19H29IN4O4S. The van der Waals surface area contributed by atoms with Crippen molar-refractivity contribution in [3.8, 4) is 0 Å². The summed E-state index contributed by atoms with van der Waals surface area (Å²) in [6, 6.07) is 7.63. The lowest BCUT2D eigenvalue weighted by molar-refractivity contribution is -0.146. The lowest BCUT2D eigenvalue weighted by atomic mass is 9.97. The highest BCUT2D eigenvalue weighted by molar-refractivity contribution is 14.0. The Morgan fingerprint density at radius 1 is 1.24 bits per heavy atom. The SMILES string of the molecule is CN=C(NCCS(=O)(=O)N1CCc2ccccc21)N1CCC(C(=O)OC)CC1.I. The number of piperidine rings is 1. The quantitative estimate of drug-likeness (QED) is 0.265. The van der Waals surface area contributed by atoms with Crippen LogP contribution in [0.2, 0.25) is 0 Å². The number of para-hydroxylation sites is 1. The van der Waals surface area contributed by atoms with Crippen LogP contribution in [0, 0.1) is 5.92 Å². The first-order valence-corrected chi connectivity index (χ1v) is 11.2. The molecule has 0 aliphatic carbocycles. The van der Waals surface area contributed by atoms with Crippen LogP contribution in [-0.2, 0) is 26.0 Å². The summed E-state index contributed by atoms with van der Waals surface area (Å²) < 4.78 is 31.9. The number of nitrogens with one attached hydrogen (secondary N) is 1. The fraction of sp³-hybridized carbons (Fsp3) is 0.579. The van der Waals surface area contributed by atoms with E-state index < -0.39 is 10.0 Å². The molecule has 0 spiro atoms. The van der Waals surface area contributed by atoms with Crippen molar-refractivity contribution in [1.82, 2.24) is 10.2 Å². The smallest absolute Gasteiger partial charge is 0.308 e. The van der Waals surface area contributed by atoms with Gasteiger partial charge in [0.1, 0.15) is 0 Å². The van der Waals surface area contributed by atoms with Crippen LogP contribution in [0.4, 0.5) is 5.69 Å². The number of rotatable bonds is 5. The lowest BCUT2D eigenvalue weighted by Gasteiger charge is -2.33. The highest BCUT2D eigenvalue weighted by Gasteiger charge is 2.30. The number of halogens is 1. The van der Waals surface area contributed by atoms with Crippen molar-refractivity contribution in [1.29, 1.82) is 0 Å². The molecule has 0 atom stereocenters. The van der Waals surface area contributed by atoms with E-state index in [4.69, 9.17) is 4.74 Å². The Bertz CT molecular complexity index is 838. The maximum absolute atomic E-state index is 12.8. The number of methoxy groups -OCH3 is 1. The number of anilines is 1. The van der Waals surface area contributed by atoms with Gasteiger partial charge in [0, 0.05) is 33.2 Å². The molecule has 1 N–H and O–H groups in total. The van der Waals surface area contributed by atoms with Gasteiger partial charge in [-0.25, -0.2) is 8.42 Å². The predicted octanol–water partition coefficient (Wildman–Crippen LogP) is 1.46. The molecule has 0 saturated carbocycles. The molecule has 2 heterocycles. The average Bonchev–Trinajstić information content (AvgIpc) is 3.16. The van der Waals surface area contributed by atoms with Crippen molar-refractivity contribution in [2.45, 2.75) is 19.3 Å². The van der Waals surface area contributed by atoms with Gasteiger partial charge in [0.15, 0.2) is 5.96 Å². The second kappa shape index (κ2) is 10.5. The van der Waals surface area contributed by atoms with Crippen LogP contribution in [-0.4, -0.2) is 71.3 Å². The first-order valence-electron chi connectivity index (χ1n) is 9.58. The van der Waals surface area contributed by atoms with E-state index in [1.165, 1.54) is 11.4 Å². The molecule has 10 heteroatoms. The zero-order valence-electron chi connectivity index (χ0n) is 16.8. The highest BCUT2D eigenvalue weighted by atomic mass is 127. The van der Waals surface area contributed by atoms with E-state index >= 15 is 0 Å². The molecule has 0 bridgehead atoms. The molecule has 0 amide bonds. The number of ether oxygens (including phenoxy) is 1. The average molecular weight is 536 g/mol. The Labute approximate surface area is 189 Å². The monoisotopic (exact) mass is 536 g/mol. The summed E-state index contributed by atoms with van der Waals surface area (Å²) in [4.78, 5) is 18.0. The molecule has 2 aliphatic heterocycles. The second-order valence-electron chi connectivity index (χ2n) is 7.03. The fourth-order valence-corrected chi connectivity index (χ4v) is 5.25. The standard InChI is InChI=1S/C19H28N4O4S.HI/c1-20-19(22-11-7-16(8-12-22)18(24)27-2)21-10-14-28(25,26)23-13-9-15-5-3-4-6-17(15)23;/h3-6,16H,7-14H2,1-2H3,(H,20,21);1H. The number of nitrogens with zero attached hydrogens (tertiary/aromatic N) is 3. The van der Waals surface area contributed by atoms with Gasteiger partial charge in [-0.1, -0.05) is 18.2 Å². The molecule has 1 saturated heterocycles. The third-order valence-electron chi connectivity index (χ3n) is 5.36. The van der Waals surface area contributed by atoms with Gasteiger partial charge in [-0.2, -0.15) is 0 Å². The Hall–Kier alpha value is -1.56. The number of sulfonamides is 1. The third-order valence-corrected chi connectivity index (χ3v) is 7.14. The van der Waals surface area contributed by atoms with Crippen LogP contribution >= 0.6 is 24.0 Å². The number of fused-ring (bicyclic) bond motifs is 1. The van der Waals surface area contributed by atoms with Crippen molar-refractivity contribution in [2.75, 3.05) is 50.4 Å². The Morgan fingerprint density at radius 2 is 1.93 bits per heavy atom. The summed E-state index contributed by atoms with van der Waals surface area (Å²) in [5, 5.41) is 3.15. The summed E-state index contributed by atoms with van der Waals surface area (Å²) in [5.41, 5.74) is 1.86. The molecule has 162 valence electrons. The van der Waals surface area contributed by atoms with Gasteiger partial charge in [-0.15, -0.1) is 24.0 Å². The van der Waals surface area contributed by atoms with Gasteiger partial charge >= 0.3 is 5.97 Å². The molecule has 2 aliphatic rings. The first kappa shape index (κ1) is 23.7. The van der Waals surface area contributed by atoms with Crippen molar-refractivity contribution in [2.24, 2.45) is 10.9 Å². The van der Waals surface area contributed by atoms with Gasteiger partial charge in [0.2, 0.25) is 10.0 Å². The minimum atomic E-state index is -3.40. The van der Waals surface area contributed by atoms with E-state index in [2.05, 4.69) is 15.2 Å². The van der Waals surface area contributed by atoms with E-state index in [-0.39, 0.29) is 48.2 Å². The number of benzene rings is 1. The van der Waals surface area contributed by atoms with E-state index in [0.717, 1.165) is 17.7 Å². The molecule has 3 rings (SSSR count). The zero-order chi connectivity index (χ0) is 20.1. The molecule has 0 aromatic heterocycles. The van der Waals surface area contributed by atoms with Gasteiger partial charge in [-0.05, 0) is 30.9 Å². The van der Waals surface area contributed by atoms with Crippen LogP contribution in [0.25, 0.3) is 0 Å². The summed E-state index contributed by atoms with van der Waals surface area (Å²) >= 11 is 0. The highest BCUT2D eigenvalue weighted by Crippen LogP contribution is 2.29. The number of aliphatic imine (C=N–C) groups is 1. The Morgan fingerprint density at radius 3 is 2.59 bits per heavy atom. The number of hydrogen-bond donors (Lipinski definition) is 1. The van der Waals surface area contributed by atoms with Crippen LogP contribution in [0.5, 0.6) is 0 Å².